The molecule has 0 saturated heterocycles. The van der Waals surface area contributed by atoms with E-state index in [-0.39, 0.29) is 5.75 Å². The van der Waals surface area contributed by atoms with E-state index >= 15 is 0 Å². The number of benzene rings is 2. The molecule has 9 heteroatoms. The van der Waals surface area contributed by atoms with E-state index in [0.717, 1.165) is 43.2 Å². The second-order valence-corrected chi connectivity index (χ2v) is 12.4. The van der Waals surface area contributed by atoms with E-state index < -0.39 is 10.1 Å². The van der Waals surface area contributed by atoms with Crippen LogP contribution < -0.4 is 4.90 Å². The van der Waals surface area contributed by atoms with Crippen molar-refractivity contribution in [3.63, 3.8) is 0 Å². The van der Waals surface area contributed by atoms with Crippen LogP contribution in [-0.2, 0) is 16.5 Å². The Morgan fingerprint density at radius 2 is 1.88 bits per heavy atom. The molecule has 0 bridgehead atoms. The molecule has 1 aliphatic heterocycles. The summed E-state index contributed by atoms with van der Waals surface area (Å²) in [5.74, 6) is -0.263. The van der Waals surface area contributed by atoms with E-state index in [1.807, 2.05) is 43.4 Å². The fourth-order valence-corrected chi connectivity index (χ4v) is 6.95. The molecule has 2 aromatic carbocycles. The third-order valence-corrected chi connectivity index (χ3v) is 9.08. The Balaban J connectivity index is 1.70. The van der Waals surface area contributed by atoms with Crippen molar-refractivity contribution in [1.82, 2.24) is 0 Å². The highest BCUT2D eigenvalue weighted by Gasteiger charge is 2.22. The molecule has 3 aromatic rings. The number of nitrogens with zero attached hydrogens (tertiary/aromatic N) is 1. The molecule has 0 saturated carbocycles. The zero-order chi connectivity index (χ0) is 23.8. The van der Waals surface area contributed by atoms with Crippen LogP contribution in [0.25, 0.3) is 16.2 Å². The lowest BCUT2D eigenvalue weighted by Crippen LogP contribution is -2.09. The van der Waals surface area contributed by atoms with E-state index in [1.165, 1.54) is 4.90 Å². The van der Waals surface area contributed by atoms with E-state index in [2.05, 4.69) is 24.0 Å². The van der Waals surface area contributed by atoms with Crippen molar-refractivity contribution in [1.29, 1.82) is 0 Å². The summed E-state index contributed by atoms with van der Waals surface area (Å²) in [4.78, 5) is 4.40. The summed E-state index contributed by atoms with van der Waals surface area (Å²) >= 11 is 15.8. The first-order valence-electron chi connectivity index (χ1n) is 10.4. The fourth-order valence-electron chi connectivity index (χ4n) is 3.78. The monoisotopic (exact) mass is 539 g/mol. The Morgan fingerprint density at radius 1 is 1.15 bits per heavy atom. The molecule has 0 amide bonds. The second kappa shape index (κ2) is 10.0. The molecule has 0 spiro atoms. The van der Waals surface area contributed by atoms with E-state index in [1.54, 1.807) is 23.1 Å². The lowest BCUT2D eigenvalue weighted by Gasteiger charge is -2.14. The molecule has 33 heavy (non-hydrogen) atoms. The quantitative estimate of drug-likeness (QED) is 0.309. The van der Waals surface area contributed by atoms with Crippen molar-refractivity contribution < 1.29 is 13.0 Å². The highest BCUT2D eigenvalue weighted by Crippen LogP contribution is 2.46. The molecular formula is C24H23Cl2NO3S3. The molecule has 2 heterocycles. The maximum absolute atomic E-state index is 11.2. The molecular weight excluding hydrogens is 517 g/mol. The van der Waals surface area contributed by atoms with Gasteiger partial charge in [0, 0.05) is 31.6 Å². The number of aryl methyl sites for hydroxylation is 1. The first kappa shape index (κ1) is 24.6. The number of thiophene rings is 1. The smallest absolute Gasteiger partial charge is 0.264 e. The summed E-state index contributed by atoms with van der Waals surface area (Å²) in [6, 6.07) is 11.7. The number of hydrogen-bond donors (Lipinski definition) is 1. The predicted octanol–water partition coefficient (Wildman–Crippen LogP) is 7.91. The molecule has 0 fully saturated rings. The van der Waals surface area contributed by atoms with Gasteiger partial charge in [-0.3, -0.25) is 4.55 Å². The van der Waals surface area contributed by atoms with E-state index in [4.69, 9.17) is 27.8 Å². The van der Waals surface area contributed by atoms with Gasteiger partial charge in [-0.2, -0.15) is 8.42 Å². The van der Waals surface area contributed by atoms with Gasteiger partial charge in [-0.1, -0.05) is 41.9 Å². The van der Waals surface area contributed by atoms with Gasteiger partial charge in [-0.05, 0) is 84.3 Å². The summed E-state index contributed by atoms with van der Waals surface area (Å²) in [6.07, 6.45) is 6.10. The minimum atomic E-state index is -4.00. The zero-order valence-corrected chi connectivity index (χ0v) is 22.1. The maximum Gasteiger partial charge on any atom is 0.264 e. The molecule has 174 valence electrons. The Bertz CT molecular complexity index is 1380. The summed E-state index contributed by atoms with van der Waals surface area (Å²) < 4.78 is 32.7. The third-order valence-electron chi connectivity index (χ3n) is 5.47. The van der Waals surface area contributed by atoms with Gasteiger partial charge in [-0.15, -0.1) is 11.3 Å². The van der Waals surface area contributed by atoms with Crippen LogP contribution in [0.2, 0.25) is 10.0 Å². The Kier molecular flexibility index (Phi) is 7.48. The van der Waals surface area contributed by atoms with Crippen molar-refractivity contribution in [2.24, 2.45) is 0 Å². The molecule has 1 N–H and O–H groups in total. The van der Waals surface area contributed by atoms with Gasteiger partial charge in [0.1, 0.15) is 0 Å². The summed E-state index contributed by atoms with van der Waals surface area (Å²) in [5, 5.41) is 3.52. The first-order valence-corrected chi connectivity index (χ1v) is 14.4. The van der Waals surface area contributed by atoms with Crippen LogP contribution in [0.1, 0.15) is 30.2 Å². The Morgan fingerprint density at radius 3 is 2.61 bits per heavy atom. The number of hydrogen-bond acceptors (Lipinski definition) is 5. The van der Waals surface area contributed by atoms with Gasteiger partial charge < -0.3 is 4.90 Å². The van der Waals surface area contributed by atoms with Crippen LogP contribution >= 0.6 is 46.3 Å². The highest BCUT2D eigenvalue weighted by atomic mass is 35.5. The van der Waals surface area contributed by atoms with Crippen molar-refractivity contribution in [2.75, 3.05) is 17.7 Å². The third kappa shape index (κ3) is 5.78. The number of fused-ring (bicyclic) bond motifs is 2. The number of halogens is 2. The van der Waals surface area contributed by atoms with Crippen molar-refractivity contribution >= 4 is 78.3 Å². The average molecular weight is 541 g/mol. The maximum atomic E-state index is 11.2. The lowest BCUT2D eigenvalue weighted by molar-refractivity contribution is 0.481. The van der Waals surface area contributed by atoms with Crippen molar-refractivity contribution in [3.8, 4) is 0 Å². The van der Waals surface area contributed by atoms with E-state index in [9.17, 15) is 8.42 Å². The predicted molar refractivity (Wildman–Crippen MR) is 144 cm³/mol. The van der Waals surface area contributed by atoms with E-state index in [0.29, 0.717) is 22.9 Å². The number of anilines is 1. The van der Waals surface area contributed by atoms with Crippen LogP contribution in [0, 0.1) is 0 Å². The molecule has 1 aliphatic rings. The molecule has 1 aromatic heterocycles. The largest absolute Gasteiger partial charge is 0.338 e. The van der Waals surface area contributed by atoms with Crippen molar-refractivity contribution in [3.05, 3.63) is 73.6 Å². The average Bonchev–Trinajstić information content (AvgIpc) is 3.24. The molecule has 4 nitrogen and oxygen atoms in total. The van der Waals surface area contributed by atoms with Crippen LogP contribution in [0.5, 0.6) is 0 Å². The number of rotatable bonds is 7. The summed E-state index contributed by atoms with van der Waals surface area (Å²) in [6.45, 7) is 2.12. The minimum Gasteiger partial charge on any atom is -0.338 e. The molecule has 4 rings (SSSR count). The zero-order valence-electron chi connectivity index (χ0n) is 18.1. The molecule has 0 atom stereocenters. The van der Waals surface area contributed by atoms with Gasteiger partial charge >= 0.3 is 0 Å². The lowest BCUT2D eigenvalue weighted by atomic mass is 10.0. The van der Waals surface area contributed by atoms with Gasteiger partial charge in [0.2, 0.25) is 0 Å². The van der Waals surface area contributed by atoms with Gasteiger partial charge in [0.25, 0.3) is 10.1 Å². The number of allylic oxidation sites excluding steroid dienone is 2. The van der Waals surface area contributed by atoms with Crippen LogP contribution in [0.4, 0.5) is 5.69 Å². The van der Waals surface area contributed by atoms with Crippen molar-refractivity contribution in [2.45, 2.75) is 31.1 Å². The summed E-state index contributed by atoms with van der Waals surface area (Å²) in [5.41, 5.74) is 3.32. The second-order valence-electron chi connectivity index (χ2n) is 7.80. The molecule has 0 aliphatic carbocycles. The SMILES string of the molecule is CCC(=Cc1sc2ccc(Cl)cc2c1CCCS(=O)(=O)O)C=C1Sc2ccc(Cl)cc2N1C. The highest BCUT2D eigenvalue weighted by molar-refractivity contribution is 8.03. The first-order chi connectivity index (χ1) is 15.6. The molecule has 0 radical (unpaired) electrons. The fraction of sp³-hybridized carbons (Fsp3) is 0.250. The Hall–Kier alpha value is -1.48. The van der Waals surface area contributed by atoms with Gasteiger partial charge in [0.05, 0.1) is 16.5 Å². The van der Waals surface area contributed by atoms with Crippen LogP contribution in [0.15, 0.2) is 58.0 Å². The molecule has 0 unspecified atom stereocenters. The Labute approximate surface area is 212 Å². The van der Waals surface area contributed by atoms with Crippen LogP contribution in [0.3, 0.4) is 0 Å². The van der Waals surface area contributed by atoms with Gasteiger partial charge in [-0.25, -0.2) is 0 Å². The topological polar surface area (TPSA) is 57.6 Å². The van der Waals surface area contributed by atoms with Crippen LogP contribution in [-0.4, -0.2) is 25.8 Å². The van der Waals surface area contributed by atoms with Gasteiger partial charge in [0.15, 0.2) is 0 Å². The standard InChI is InChI=1S/C24H23Cl2NO3S3/c1-3-15(12-24-27(2)20-14-17(26)7-9-22(20)32-24)11-23-18(5-4-10-33(28,29)30)19-13-16(25)6-8-21(19)31-23/h6-9,11-14H,3-5,10H2,1-2H3,(H,28,29,30). The minimum absolute atomic E-state index is 0.263. The summed E-state index contributed by atoms with van der Waals surface area (Å²) in [7, 11) is -1.96. The normalized spacial score (nSPS) is 15.6. The number of thioether (sulfide) groups is 1.